The smallest absolute Gasteiger partial charge is 0.230 e. The summed E-state index contributed by atoms with van der Waals surface area (Å²) in [5, 5.41) is 13.4. The maximum atomic E-state index is 9.02. The summed E-state index contributed by atoms with van der Waals surface area (Å²) in [5.41, 5.74) is 2.11. The second kappa shape index (κ2) is 7.40. The summed E-state index contributed by atoms with van der Waals surface area (Å²) in [6.45, 7) is 1.57. The molecule has 0 unspecified atom stereocenters. The van der Waals surface area contributed by atoms with Crippen molar-refractivity contribution in [2.75, 3.05) is 26.1 Å². The van der Waals surface area contributed by atoms with Gasteiger partial charge in [0.15, 0.2) is 5.13 Å². The number of nitrogens with zero attached hydrogens (tertiary/aromatic N) is 2. The number of aromatic nitrogens is 1. The van der Waals surface area contributed by atoms with Crippen LogP contribution in [0.5, 0.6) is 5.88 Å². The third kappa shape index (κ3) is 4.17. The summed E-state index contributed by atoms with van der Waals surface area (Å²) in [5.74, 6) is 0.687. The third-order valence-electron chi connectivity index (χ3n) is 3.05. The summed E-state index contributed by atoms with van der Waals surface area (Å²) >= 11 is 1.63. The van der Waals surface area contributed by atoms with Gasteiger partial charge in [-0.15, -0.1) is 0 Å². The summed E-state index contributed by atoms with van der Waals surface area (Å²) in [6.07, 6.45) is 0. The molecule has 0 aliphatic heterocycles. The van der Waals surface area contributed by atoms with Crippen LogP contribution in [-0.4, -0.2) is 31.3 Å². The van der Waals surface area contributed by atoms with E-state index in [1.54, 1.807) is 18.4 Å². The highest BCUT2D eigenvalue weighted by atomic mass is 32.1. The molecule has 1 aromatic heterocycles. The summed E-state index contributed by atoms with van der Waals surface area (Å²) in [7, 11) is 5.59. The molecule has 0 spiro atoms. The fourth-order valence-corrected chi connectivity index (χ4v) is 2.79. The fourth-order valence-electron chi connectivity index (χ4n) is 1.87. The Morgan fingerprint density at radius 1 is 1.19 bits per heavy atom. The van der Waals surface area contributed by atoms with Gasteiger partial charge in [-0.25, -0.2) is 0 Å². The van der Waals surface area contributed by atoms with Crippen LogP contribution in [0.3, 0.4) is 0 Å². The molecule has 0 aliphatic carbocycles. The maximum absolute atomic E-state index is 9.02. The molecule has 0 atom stereocenters. The molecule has 0 amide bonds. The summed E-state index contributed by atoms with van der Waals surface area (Å²) in [4.78, 5) is 7.50. The molecule has 1 heterocycles. The highest BCUT2D eigenvalue weighted by Gasteiger charge is 2.12. The summed E-state index contributed by atoms with van der Waals surface area (Å²) in [6, 6.07) is 7.92. The van der Waals surface area contributed by atoms with E-state index in [0.29, 0.717) is 5.88 Å². The van der Waals surface area contributed by atoms with Crippen LogP contribution in [0.15, 0.2) is 24.3 Å². The molecule has 114 valence electrons. The van der Waals surface area contributed by atoms with Crippen LogP contribution in [0.25, 0.3) is 0 Å². The van der Waals surface area contributed by atoms with Crippen LogP contribution in [0.1, 0.15) is 16.0 Å². The molecule has 2 aromatic rings. The van der Waals surface area contributed by atoms with Gasteiger partial charge in [0.2, 0.25) is 5.88 Å². The Morgan fingerprint density at radius 3 is 2.43 bits per heavy atom. The van der Waals surface area contributed by atoms with Crippen LogP contribution in [0.4, 0.5) is 5.13 Å². The Bertz CT molecular complexity index is 567. The van der Waals surface area contributed by atoms with Crippen LogP contribution in [0, 0.1) is 0 Å². The van der Waals surface area contributed by atoms with Gasteiger partial charge in [0, 0.05) is 27.2 Å². The van der Waals surface area contributed by atoms with E-state index in [9.17, 15) is 0 Å². The number of hydrogen-bond acceptors (Lipinski definition) is 6. The molecule has 0 saturated carbocycles. The normalized spacial score (nSPS) is 10.7. The van der Waals surface area contributed by atoms with E-state index in [4.69, 9.17) is 9.84 Å². The minimum atomic E-state index is 0.0824. The Balaban J connectivity index is 1.93. The average molecular weight is 307 g/mol. The number of aliphatic hydroxyl groups is 1. The molecular formula is C15H21N3O2S. The molecule has 2 N–H and O–H groups in total. The van der Waals surface area contributed by atoms with Crippen LogP contribution >= 0.6 is 11.3 Å². The van der Waals surface area contributed by atoms with Gasteiger partial charge < -0.3 is 20.1 Å². The van der Waals surface area contributed by atoms with Gasteiger partial charge in [0.25, 0.3) is 0 Å². The van der Waals surface area contributed by atoms with E-state index in [1.165, 1.54) is 5.56 Å². The number of aliphatic hydroxyl groups excluding tert-OH is 1. The lowest BCUT2D eigenvalue weighted by molar-refractivity contribution is 0.282. The minimum absolute atomic E-state index is 0.0824. The molecule has 0 radical (unpaired) electrons. The lowest BCUT2D eigenvalue weighted by atomic mass is 10.1. The molecule has 21 heavy (non-hydrogen) atoms. The maximum Gasteiger partial charge on any atom is 0.230 e. The van der Waals surface area contributed by atoms with Crippen molar-refractivity contribution in [1.82, 2.24) is 10.3 Å². The molecule has 0 bridgehead atoms. The van der Waals surface area contributed by atoms with Crippen LogP contribution in [0.2, 0.25) is 0 Å². The van der Waals surface area contributed by atoms with E-state index in [-0.39, 0.29) is 6.61 Å². The highest BCUT2D eigenvalue weighted by molar-refractivity contribution is 7.15. The molecule has 0 fully saturated rings. The Hall–Kier alpha value is -1.63. The number of benzene rings is 1. The molecular weight excluding hydrogens is 286 g/mol. The molecule has 0 aliphatic rings. The molecule has 5 nitrogen and oxygen atoms in total. The van der Waals surface area contributed by atoms with Crippen molar-refractivity contribution in [1.29, 1.82) is 0 Å². The van der Waals surface area contributed by atoms with Crippen molar-refractivity contribution >= 4 is 16.5 Å². The quantitative estimate of drug-likeness (QED) is 0.819. The zero-order chi connectivity index (χ0) is 15.2. The lowest BCUT2D eigenvalue weighted by Crippen LogP contribution is -2.12. The lowest BCUT2D eigenvalue weighted by Gasteiger charge is -2.05. The van der Waals surface area contributed by atoms with Gasteiger partial charge in [-0.2, -0.15) is 4.98 Å². The van der Waals surface area contributed by atoms with E-state index >= 15 is 0 Å². The first-order valence-corrected chi connectivity index (χ1v) is 7.56. The number of ether oxygens (including phenoxy) is 1. The van der Waals surface area contributed by atoms with Gasteiger partial charge in [-0.3, -0.25) is 0 Å². The highest BCUT2D eigenvalue weighted by Crippen LogP contribution is 2.30. The van der Waals surface area contributed by atoms with E-state index in [0.717, 1.165) is 28.7 Å². The van der Waals surface area contributed by atoms with Crippen molar-refractivity contribution in [3.05, 3.63) is 40.3 Å². The molecule has 2 rings (SSSR count). The standard InChI is InChI=1S/C15H21N3O2S/c1-18(2)15-17-14(20-3)13(21-15)9-16-8-11-4-6-12(10-19)7-5-11/h4-7,16,19H,8-10H2,1-3H3. The predicted molar refractivity (Wildman–Crippen MR) is 85.9 cm³/mol. The topological polar surface area (TPSA) is 57.6 Å². The van der Waals surface area contributed by atoms with E-state index < -0.39 is 0 Å². The van der Waals surface area contributed by atoms with Crippen molar-refractivity contribution in [3.63, 3.8) is 0 Å². The van der Waals surface area contributed by atoms with Crippen LogP contribution in [-0.2, 0) is 19.7 Å². The van der Waals surface area contributed by atoms with Gasteiger partial charge in [-0.05, 0) is 11.1 Å². The van der Waals surface area contributed by atoms with Crippen molar-refractivity contribution in [2.45, 2.75) is 19.7 Å². The zero-order valence-corrected chi connectivity index (χ0v) is 13.4. The first-order valence-electron chi connectivity index (χ1n) is 6.74. The minimum Gasteiger partial charge on any atom is -0.480 e. The fraction of sp³-hybridized carbons (Fsp3) is 0.400. The Kier molecular flexibility index (Phi) is 5.55. The van der Waals surface area contributed by atoms with Crippen molar-refractivity contribution in [3.8, 4) is 5.88 Å². The van der Waals surface area contributed by atoms with Crippen molar-refractivity contribution in [2.24, 2.45) is 0 Å². The second-order valence-electron chi connectivity index (χ2n) is 4.90. The Labute approximate surface area is 129 Å². The molecule has 0 saturated heterocycles. The number of rotatable bonds is 7. The van der Waals surface area contributed by atoms with Gasteiger partial charge in [0.1, 0.15) is 0 Å². The number of hydrogen-bond donors (Lipinski definition) is 2. The number of anilines is 1. The summed E-state index contributed by atoms with van der Waals surface area (Å²) < 4.78 is 5.31. The number of thiazole rings is 1. The first-order chi connectivity index (χ1) is 10.1. The van der Waals surface area contributed by atoms with Gasteiger partial charge in [-0.1, -0.05) is 35.6 Å². The van der Waals surface area contributed by atoms with Crippen molar-refractivity contribution < 1.29 is 9.84 Å². The monoisotopic (exact) mass is 307 g/mol. The average Bonchev–Trinajstić information content (AvgIpc) is 2.91. The second-order valence-corrected chi connectivity index (χ2v) is 5.96. The van der Waals surface area contributed by atoms with E-state index in [2.05, 4.69) is 10.3 Å². The number of methoxy groups -OCH3 is 1. The molecule has 1 aromatic carbocycles. The largest absolute Gasteiger partial charge is 0.480 e. The molecule has 6 heteroatoms. The first kappa shape index (κ1) is 15.8. The predicted octanol–water partition coefficient (Wildman–Crippen LogP) is 2.00. The Morgan fingerprint density at radius 2 is 1.86 bits per heavy atom. The van der Waals surface area contributed by atoms with Crippen LogP contribution < -0.4 is 15.0 Å². The van der Waals surface area contributed by atoms with E-state index in [1.807, 2.05) is 43.3 Å². The number of nitrogens with one attached hydrogen (secondary N) is 1. The zero-order valence-electron chi connectivity index (χ0n) is 12.6. The van der Waals surface area contributed by atoms with Gasteiger partial charge >= 0.3 is 0 Å². The van der Waals surface area contributed by atoms with Gasteiger partial charge in [0.05, 0.1) is 18.6 Å². The third-order valence-corrected chi connectivity index (χ3v) is 4.25. The SMILES string of the molecule is COc1nc(N(C)C)sc1CNCc1ccc(CO)cc1.